The van der Waals surface area contributed by atoms with Gasteiger partial charge in [-0.25, -0.2) is 9.59 Å². The van der Waals surface area contributed by atoms with Crippen LogP contribution in [0.2, 0.25) is 5.02 Å². The van der Waals surface area contributed by atoms with E-state index in [1.165, 1.54) is 37.2 Å². The molecule has 1 aliphatic rings. The van der Waals surface area contributed by atoms with Gasteiger partial charge in [0.2, 0.25) is 0 Å². The maximum Gasteiger partial charge on any atom is 0.414 e. The van der Waals surface area contributed by atoms with Crippen LogP contribution in [-0.2, 0) is 14.3 Å². The summed E-state index contributed by atoms with van der Waals surface area (Å²) in [6.07, 6.45) is 4.11. The van der Waals surface area contributed by atoms with Gasteiger partial charge in [-0.3, -0.25) is 0 Å². The van der Waals surface area contributed by atoms with Gasteiger partial charge in [-0.15, -0.1) is 11.8 Å². The van der Waals surface area contributed by atoms with Gasteiger partial charge in [-0.05, 0) is 50.2 Å². The second kappa shape index (κ2) is 13.0. The first-order chi connectivity index (χ1) is 12.0. The van der Waals surface area contributed by atoms with Crippen molar-refractivity contribution < 1.29 is 24.5 Å². The molecule has 0 atom stereocenters. The van der Waals surface area contributed by atoms with Gasteiger partial charge in [0, 0.05) is 22.2 Å². The van der Waals surface area contributed by atoms with Crippen LogP contribution in [0.3, 0.4) is 0 Å². The Labute approximate surface area is 157 Å². The van der Waals surface area contributed by atoms with Crippen LogP contribution in [0.15, 0.2) is 29.2 Å². The molecule has 0 unspecified atom stereocenters. The summed E-state index contributed by atoms with van der Waals surface area (Å²) >= 11 is 7.67. The van der Waals surface area contributed by atoms with E-state index in [0.717, 1.165) is 30.5 Å². The van der Waals surface area contributed by atoms with Gasteiger partial charge < -0.3 is 19.8 Å². The normalized spacial score (nSPS) is 14.4. The summed E-state index contributed by atoms with van der Waals surface area (Å²) in [5, 5.41) is 15.6. The Morgan fingerprint density at radius 3 is 2.20 bits per heavy atom. The molecule has 2 N–H and O–H groups in total. The number of likely N-dealkylation sites (tertiary alicyclic amines) is 1. The van der Waals surface area contributed by atoms with Gasteiger partial charge in [-0.1, -0.05) is 18.0 Å². The quantitative estimate of drug-likeness (QED) is 0.421. The number of piperidine rings is 1. The highest BCUT2D eigenvalue weighted by Crippen LogP contribution is 2.19. The third-order valence-electron chi connectivity index (χ3n) is 3.49. The van der Waals surface area contributed by atoms with Crippen LogP contribution in [-0.4, -0.2) is 65.7 Å². The number of aliphatic carboxylic acids is 2. The summed E-state index contributed by atoms with van der Waals surface area (Å²) in [6.45, 7) is 5.28. The second-order valence-electron chi connectivity index (χ2n) is 5.43. The number of carboxylic acids is 2. The van der Waals surface area contributed by atoms with Crippen molar-refractivity contribution in [3.8, 4) is 0 Å². The zero-order valence-electron chi connectivity index (χ0n) is 14.0. The molecule has 1 aliphatic heterocycles. The molecule has 25 heavy (non-hydrogen) atoms. The van der Waals surface area contributed by atoms with Gasteiger partial charge in [-0.2, -0.15) is 0 Å². The van der Waals surface area contributed by atoms with Gasteiger partial charge >= 0.3 is 11.9 Å². The number of nitrogens with zero attached hydrogens (tertiary/aromatic N) is 1. The number of halogens is 1. The summed E-state index contributed by atoms with van der Waals surface area (Å²) in [6, 6.07) is 7.98. The van der Waals surface area contributed by atoms with E-state index < -0.39 is 11.9 Å². The predicted molar refractivity (Wildman–Crippen MR) is 98.6 cm³/mol. The van der Waals surface area contributed by atoms with E-state index >= 15 is 0 Å². The molecular formula is C17H24ClNO5S. The van der Waals surface area contributed by atoms with Crippen molar-refractivity contribution in [3.05, 3.63) is 29.3 Å². The topological polar surface area (TPSA) is 87.1 Å². The summed E-state index contributed by atoms with van der Waals surface area (Å²) < 4.78 is 5.69. The zero-order valence-corrected chi connectivity index (χ0v) is 15.6. The molecule has 0 bridgehead atoms. The number of hydrogen-bond acceptors (Lipinski definition) is 5. The van der Waals surface area contributed by atoms with Gasteiger partial charge in [0.25, 0.3) is 0 Å². The molecule has 1 heterocycles. The third-order valence-corrected chi connectivity index (χ3v) is 4.72. The molecule has 6 nitrogen and oxygen atoms in total. The van der Waals surface area contributed by atoms with Crippen LogP contribution >= 0.6 is 23.4 Å². The SMILES string of the molecule is Clc1ccc(SCCOCCN2CCCCC2)cc1.O=C(O)C(=O)O. The standard InChI is InChI=1S/C15H22ClNOS.C2H2O4/c16-14-4-6-15(7-5-14)19-13-12-18-11-10-17-8-2-1-3-9-17;3-1(4)2(5)6/h4-7H,1-3,8-13H2;(H,3,4)(H,5,6). The lowest BCUT2D eigenvalue weighted by Gasteiger charge is -2.26. The zero-order chi connectivity index (χ0) is 18.5. The fourth-order valence-corrected chi connectivity index (χ4v) is 3.12. The van der Waals surface area contributed by atoms with Crippen LogP contribution in [0.25, 0.3) is 0 Å². The minimum atomic E-state index is -1.82. The second-order valence-corrected chi connectivity index (χ2v) is 7.03. The van der Waals surface area contributed by atoms with E-state index in [9.17, 15) is 0 Å². The summed E-state index contributed by atoms with van der Waals surface area (Å²) in [7, 11) is 0. The summed E-state index contributed by atoms with van der Waals surface area (Å²) in [5.41, 5.74) is 0. The van der Waals surface area contributed by atoms with Crippen LogP contribution in [0, 0.1) is 0 Å². The third kappa shape index (κ3) is 11.0. The molecule has 2 rings (SSSR count). The van der Waals surface area contributed by atoms with Crippen LogP contribution < -0.4 is 0 Å². The fraction of sp³-hybridized carbons (Fsp3) is 0.529. The molecule has 0 radical (unpaired) electrons. The lowest BCUT2D eigenvalue weighted by Crippen LogP contribution is -2.32. The number of carbonyl (C=O) groups is 2. The van der Waals surface area contributed by atoms with Gasteiger partial charge in [0.05, 0.1) is 13.2 Å². The first kappa shape index (κ1) is 21.8. The number of carboxylic acid groups (broad SMARTS) is 2. The Balaban J connectivity index is 0.000000450. The first-order valence-electron chi connectivity index (χ1n) is 8.13. The van der Waals surface area contributed by atoms with Crippen LogP contribution in [0.4, 0.5) is 0 Å². The lowest BCUT2D eigenvalue weighted by atomic mass is 10.1. The van der Waals surface area contributed by atoms with E-state index in [1.807, 2.05) is 23.9 Å². The van der Waals surface area contributed by atoms with Crippen molar-refractivity contribution in [2.75, 3.05) is 38.6 Å². The molecule has 0 spiro atoms. The molecule has 0 aromatic heterocycles. The molecule has 1 aromatic rings. The highest BCUT2D eigenvalue weighted by molar-refractivity contribution is 7.99. The molecule has 140 valence electrons. The van der Waals surface area contributed by atoms with Gasteiger partial charge in [0.15, 0.2) is 0 Å². The van der Waals surface area contributed by atoms with Crippen LogP contribution in [0.5, 0.6) is 0 Å². The average molecular weight is 390 g/mol. The van der Waals surface area contributed by atoms with E-state index in [0.29, 0.717) is 0 Å². The Kier molecular flexibility index (Phi) is 11.3. The Hall–Kier alpha value is -1.28. The summed E-state index contributed by atoms with van der Waals surface area (Å²) in [4.78, 5) is 22.0. The maximum absolute atomic E-state index is 9.10. The van der Waals surface area contributed by atoms with Crippen molar-refractivity contribution in [1.82, 2.24) is 4.90 Å². The number of hydrogen-bond donors (Lipinski definition) is 2. The van der Waals surface area contributed by atoms with E-state index in [2.05, 4.69) is 17.0 Å². The van der Waals surface area contributed by atoms with E-state index in [-0.39, 0.29) is 0 Å². The molecule has 0 aliphatic carbocycles. The molecule has 1 aromatic carbocycles. The van der Waals surface area contributed by atoms with Crippen molar-refractivity contribution >= 4 is 35.3 Å². The monoisotopic (exact) mass is 389 g/mol. The molecule has 8 heteroatoms. The smallest absolute Gasteiger partial charge is 0.414 e. The highest BCUT2D eigenvalue weighted by atomic mass is 35.5. The number of rotatable bonds is 7. The number of ether oxygens (including phenoxy) is 1. The maximum atomic E-state index is 9.10. The van der Waals surface area contributed by atoms with Crippen LogP contribution in [0.1, 0.15) is 19.3 Å². The Morgan fingerprint density at radius 1 is 1.04 bits per heavy atom. The Morgan fingerprint density at radius 2 is 1.64 bits per heavy atom. The molecule has 1 fully saturated rings. The Bertz CT molecular complexity index is 508. The first-order valence-corrected chi connectivity index (χ1v) is 9.50. The largest absolute Gasteiger partial charge is 0.473 e. The van der Waals surface area contributed by atoms with Crippen molar-refractivity contribution in [2.45, 2.75) is 24.2 Å². The van der Waals surface area contributed by atoms with Crippen molar-refractivity contribution in [2.24, 2.45) is 0 Å². The molecule has 0 amide bonds. The minimum absolute atomic E-state index is 0.794. The fourth-order valence-electron chi connectivity index (χ4n) is 2.23. The summed E-state index contributed by atoms with van der Waals surface area (Å²) in [5.74, 6) is -2.65. The highest BCUT2D eigenvalue weighted by Gasteiger charge is 2.08. The number of thioether (sulfide) groups is 1. The van der Waals surface area contributed by atoms with Crippen molar-refractivity contribution in [1.29, 1.82) is 0 Å². The molecule has 0 saturated carbocycles. The van der Waals surface area contributed by atoms with Gasteiger partial charge in [0.1, 0.15) is 0 Å². The van der Waals surface area contributed by atoms with Crippen molar-refractivity contribution in [3.63, 3.8) is 0 Å². The molecular weight excluding hydrogens is 366 g/mol. The van der Waals surface area contributed by atoms with E-state index in [1.54, 1.807) is 0 Å². The van der Waals surface area contributed by atoms with E-state index in [4.69, 9.17) is 36.1 Å². The molecule has 1 saturated heterocycles. The number of benzene rings is 1. The minimum Gasteiger partial charge on any atom is -0.473 e. The lowest BCUT2D eigenvalue weighted by molar-refractivity contribution is -0.159. The average Bonchev–Trinajstić information content (AvgIpc) is 2.61. The predicted octanol–water partition coefficient (Wildman–Crippen LogP) is 3.09.